The molecule has 2 aliphatic heterocycles. The van der Waals surface area contributed by atoms with E-state index >= 15 is 0 Å². The van der Waals surface area contributed by atoms with E-state index in [9.17, 15) is 14.4 Å². The highest BCUT2D eigenvalue weighted by Gasteiger charge is 2.37. The Hall–Kier alpha value is -4.70. The van der Waals surface area contributed by atoms with Crippen molar-refractivity contribution in [3.8, 4) is 6.07 Å². The summed E-state index contributed by atoms with van der Waals surface area (Å²) >= 11 is 0. The number of carbonyl (C=O) groups is 2. The number of rotatable bonds is 3. The highest BCUT2D eigenvalue weighted by atomic mass is 16.2. The molecule has 182 valence electrons. The van der Waals surface area contributed by atoms with Gasteiger partial charge in [-0.1, -0.05) is 30.3 Å². The predicted octanol–water partition coefficient (Wildman–Crippen LogP) is 4.38. The number of aromatic nitrogens is 1. The molecule has 0 radical (unpaired) electrons. The monoisotopic (exact) mass is 488 g/mol. The van der Waals surface area contributed by atoms with E-state index in [2.05, 4.69) is 5.32 Å². The Bertz CT molecular complexity index is 1650. The number of hydrogen-bond acceptors (Lipinski definition) is 4. The number of fused-ring (bicyclic) bond motifs is 5. The van der Waals surface area contributed by atoms with E-state index in [4.69, 9.17) is 5.26 Å². The van der Waals surface area contributed by atoms with Gasteiger partial charge in [0.1, 0.15) is 5.69 Å². The smallest absolute Gasteiger partial charge is 0.274 e. The standard InChI is InChI=1S/C30H24N4O3/c31-15-19-5-7-22(8-6-19)28(35)32-26-11-12-27-25-13-20(17-34(27)30(26)37)16-33(18-25)29(36)24-10-9-21-3-1-2-4-23(21)14-24/h1-12,14,20,25H,13,16-18H2,(H,32,35). The van der Waals surface area contributed by atoms with Crippen LogP contribution in [0.3, 0.4) is 0 Å². The molecule has 2 bridgehead atoms. The molecule has 2 unspecified atom stereocenters. The third kappa shape index (κ3) is 4.17. The fourth-order valence-electron chi connectivity index (χ4n) is 5.60. The van der Waals surface area contributed by atoms with E-state index in [1.807, 2.05) is 59.5 Å². The van der Waals surface area contributed by atoms with Crippen LogP contribution in [-0.2, 0) is 6.54 Å². The van der Waals surface area contributed by atoms with Crippen molar-refractivity contribution in [2.45, 2.75) is 18.9 Å². The lowest BCUT2D eigenvalue weighted by Crippen LogP contribution is -2.49. The second-order valence-electron chi connectivity index (χ2n) is 9.80. The van der Waals surface area contributed by atoms with Gasteiger partial charge in [-0.05, 0) is 71.6 Å². The summed E-state index contributed by atoms with van der Waals surface area (Å²) in [5.74, 6) is -0.154. The third-order valence-corrected chi connectivity index (χ3v) is 7.41. The Morgan fingerprint density at radius 1 is 0.865 bits per heavy atom. The van der Waals surface area contributed by atoms with Gasteiger partial charge in [-0.25, -0.2) is 0 Å². The molecular formula is C30H24N4O3. The molecule has 1 saturated heterocycles. The zero-order chi connectivity index (χ0) is 25.5. The Kier molecular flexibility index (Phi) is 5.57. The van der Waals surface area contributed by atoms with Crippen LogP contribution in [0.25, 0.3) is 10.8 Å². The zero-order valence-electron chi connectivity index (χ0n) is 20.1. The summed E-state index contributed by atoms with van der Waals surface area (Å²) in [6.45, 7) is 1.65. The normalized spacial score (nSPS) is 18.1. The number of nitrogens with one attached hydrogen (secondary N) is 1. The van der Waals surface area contributed by atoms with E-state index < -0.39 is 5.91 Å². The van der Waals surface area contributed by atoms with Crippen LogP contribution in [0, 0.1) is 17.2 Å². The van der Waals surface area contributed by atoms with Crippen LogP contribution in [0.15, 0.2) is 83.7 Å². The third-order valence-electron chi connectivity index (χ3n) is 7.41. The largest absolute Gasteiger partial charge is 0.338 e. The van der Waals surface area contributed by atoms with Gasteiger partial charge < -0.3 is 14.8 Å². The molecule has 1 fully saturated rings. The second-order valence-corrected chi connectivity index (χ2v) is 9.80. The summed E-state index contributed by atoms with van der Waals surface area (Å²) < 4.78 is 1.76. The van der Waals surface area contributed by atoms with E-state index in [-0.39, 0.29) is 29.0 Å². The van der Waals surface area contributed by atoms with Crippen molar-refractivity contribution in [1.82, 2.24) is 9.47 Å². The van der Waals surface area contributed by atoms with Crippen LogP contribution in [0.1, 0.15) is 44.3 Å². The molecular weight excluding hydrogens is 464 g/mol. The molecule has 2 amide bonds. The summed E-state index contributed by atoms with van der Waals surface area (Å²) in [5, 5.41) is 13.8. The number of pyridine rings is 1. The summed E-state index contributed by atoms with van der Waals surface area (Å²) in [6.07, 6.45) is 0.928. The van der Waals surface area contributed by atoms with Gasteiger partial charge >= 0.3 is 0 Å². The minimum Gasteiger partial charge on any atom is -0.338 e. The van der Waals surface area contributed by atoms with Gasteiger partial charge in [-0.2, -0.15) is 5.26 Å². The lowest BCUT2D eigenvalue weighted by Gasteiger charge is -2.43. The van der Waals surface area contributed by atoms with Crippen molar-refractivity contribution < 1.29 is 9.59 Å². The number of nitrogens with zero attached hydrogens (tertiary/aromatic N) is 3. The van der Waals surface area contributed by atoms with Crippen molar-refractivity contribution in [2.24, 2.45) is 5.92 Å². The molecule has 0 spiro atoms. The zero-order valence-corrected chi connectivity index (χ0v) is 20.1. The maximum absolute atomic E-state index is 13.4. The van der Waals surface area contributed by atoms with Crippen LogP contribution in [0.4, 0.5) is 5.69 Å². The van der Waals surface area contributed by atoms with Gasteiger partial charge in [0.2, 0.25) is 0 Å². The average molecular weight is 489 g/mol. The molecule has 0 saturated carbocycles. The number of hydrogen-bond donors (Lipinski definition) is 1. The van der Waals surface area contributed by atoms with Gasteiger partial charge in [-0.15, -0.1) is 0 Å². The van der Waals surface area contributed by atoms with Crippen LogP contribution in [0.2, 0.25) is 0 Å². The first-order chi connectivity index (χ1) is 18.0. The lowest BCUT2D eigenvalue weighted by atomic mass is 9.83. The quantitative estimate of drug-likeness (QED) is 0.463. The van der Waals surface area contributed by atoms with Gasteiger partial charge in [0, 0.05) is 42.4 Å². The van der Waals surface area contributed by atoms with Gasteiger partial charge in [-0.3, -0.25) is 14.4 Å². The number of benzene rings is 3. The molecule has 2 atom stereocenters. The number of piperidine rings is 1. The first kappa shape index (κ1) is 22.7. The molecule has 0 aliphatic carbocycles. The number of nitriles is 1. The highest BCUT2D eigenvalue weighted by Crippen LogP contribution is 2.36. The Balaban J connectivity index is 1.22. The van der Waals surface area contributed by atoms with Crippen molar-refractivity contribution >= 4 is 28.3 Å². The number of amides is 2. The van der Waals surface area contributed by atoms with Crippen molar-refractivity contribution in [1.29, 1.82) is 5.26 Å². The number of likely N-dealkylation sites (tertiary alicyclic amines) is 1. The van der Waals surface area contributed by atoms with Gasteiger partial charge in [0.05, 0.1) is 11.6 Å². The van der Waals surface area contributed by atoms with Crippen LogP contribution in [-0.4, -0.2) is 34.4 Å². The molecule has 7 nitrogen and oxygen atoms in total. The molecule has 3 aromatic carbocycles. The molecule has 1 N–H and O–H groups in total. The molecule has 3 heterocycles. The SMILES string of the molecule is N#Cc1ccc(C(=O)Nc2ccc3n(c2=O)CC2CC3CN(C(=O)c3ccc4ccccc4c3)C2)cc1. The maximum Gasteiger partial charge on any atom is 0.274 e. The van der Waals surface area contributed by atoms with E-state index in [0.29, 0.717) is 36.3 Å². The molecule has 2 aliphatic rings. The van der Waals surface area contributed by atoms with Crippen molar-refractivity contribution in [3.63, 3.8) is 0 Å². The van der Waals surface area contributed by atoms with E-state index in [1.54, 1.807) is 34.9 Å². The average Bonchev–Trinajstić information content (AvgIpc) is 2.94. The van der Waals surface area contributed by atoms with E-state index in [0.717, 1.165) is 22.9 Å². The van der Waals surface area contributed by atoms with Crippen LogP contribution < -0.4 is 10.9 Å². The molecule has 7 heteroatoms. The number of anilines is 1. The first-order valence-corrected chi connectivity index (χ1v) is 12.3. The summed E-state index contributed by atoms with van der Waals surface area (Å²) in [6, 6.07) is 25.6. The van der Waals surface area contributed by atoms with Gasteiger partial charge in [0.25, 0.3) is 17.4 Å². The summed E-state index contributed by atoms with van der Waals surface area (Å²) in [7, 11) is 0. The fraction of sp³-hybridized carbons (Fsp3) is 0.200. The Morgan fingerprint density at radius 2 is 1.62 bits per heavy atom. The van der Waals surface area contributed by atoms with E-state index in [1.165, 1.54) is 0 Å². The fourth-order valence-corrected chi connectivity index (χ4v) is 5.60. The first-order valence-electron chi connectivity index (χ1n) is 12.3. The molecule has 4 aromatic rings. The lowest BCUT2D eigenvalue weighted by molar-refractivity contribution is 0.0594. The predicted molar refractivity (Wildman–Crippen MR) is 141 cm³/mol. The highest BCUT2D eigenvalue weighted by molar-refractivity contribution is 6.04. The van der Waals surface area contributed by atoms with Gasteiger partial charge in [0.15, 0.2) is 0 Å². The second kappa shape index (κ2) is 9.07. The minimum absolute atomic E-state index is 0.0163. The van der Waals surface area contributed by atoms with Crippen LogP contribution in [0.5, 0.6) is 0 Å². The van der Waals surface area contributed by atoms with Crippen molar-refractivity contribution in [2.75, 3.05) is 18.4 Å². The number of carbonyl (C=O) groups excluding carboxylic acids is 2. The van der Waals surface area contributed by atoms with Crippen molar-refractivity contribution in [3.05, 3.63) is 112 Å². The summed E-state index contributed by atoms with van der Waals surface area (Å²) in [4.78, 5) is 41.3. The topological polar surface area (TPSA) is 95.2 Å². The minimum atomic E-state index is -0.398. The Morgan fingerprint density at radius 3 is 2.41 bits per heavy atom. The van der Waals surface area contributed by atoms with Crippen LogP contribution >= 0.6 is 0 Å². The molecule has 6 rings (SSSR count). The molecule has 37 heavy (non-hydrogen) atoms. The maximum atomic E-state index is 13.4. The molecule has 1 aromatic heterocycles. The summed E-state index contributed by atoms with van der Waals surface area (Å²) in [5.41, 5.74) is 2.40. The Labute approximate surface area is 213 Å².